The van der Waals surface area contributed by atoms with Crippen molar-refractivity contribution < 1.29 is 4.74 Å². The number of nitrogens with two attached hydrogens (primary N) is 1. The van der Waals surface area contributed by atoms with Crippen molar-refractivity contribution in [3.05, 3.63) is 47.4 Å². The molecule has 3 aromatic rings. The smallest absolute Gasteiger partial charge is 0.177 e. The monoisotopic (exact) mass is 268 g/mol. The van der Waals surface area contributed by atoms with E-state index in [0.29, 0.717) is 17.9 Å². The highest BCUT2D eigenvalue weighted by Gasteiger charge is 2.07. The first kappa shape index (κ1) is 12.5. The molecule has 0 radical (unpaired) electrons. The zero-order valence-corrected chi connectivity index (χ0v) is 11.5. The molecule has 2 aromatic heterocycles. The molecule has 2 heterocycles. The van der Waals surface area contributed by atoms with Crippen LogP contribution in [-0.2, 0) is 6.61 Å². The van der Waals surface area contributed by atoms with Crippen molar-refractivity contribution >= 4 is 16.9 Å². The van der Waals surface area contributed by atoms with Gasteiger partial charge in [0.2, 0.25) is 0 Å². The van der Waals surface area contributed by atoms with Crippen LogP contribution in [0.25, 0.3) is 11.2 Å². The number of fused-ring (bicyclic) bond motifs is 1. The van der Waals surface area contributed by atoms with E-state index in [4.69, 9.17) is 10.5 Å². The Hall–Kier alpha value is -2.56. The molecule has 0 aliphatic carbocycles. The van der Waals surface area contributed by atoms with Crippen LogP contribution in [0.5, 0.6) is 5.75 Å². The molecule has 0 saturated carbocycles. The largest absolute Gasteiger partial charge is 0.485 e. The molecule has 102 valence electrons. The van der Waals surface area contributed by atoms with Gasteiger partial charge in [0, 0.05) is 0 Å². The van der Waals surface area contributed by atoms with Crippen LogP contribution in [0.4, 0.5) is 5.69 Å². The van der Waals surface area contributed by atoms with Crippen molar-refractivity contribution in [1.82, 2.24) is 15.0 Å². The van der Waals surface area contributed by atoms with Gasteiger partial charge < -0.3 is 15.5 Å². The Morgan fingerprint density at radius 2 is 2.15 bits per heavy atom. The van der Waals surface area contributed by atoms with Gasteiger partial charge in [-0.15, -0.1) is 0 Å². The minimum absolute atomic E-state index is 0.376. The molecule has 0 amide bonds. The van der Waals surface area contributed by atoms with Crippen molar-refractivity contribution in [1.29, 1.82) is 0 Å². The number of hydrogen-bond donors (Lipinski definition) is 2. The first-order valence-corrected chi connectivity index (χ1v) is 6.42. The minimum Gasteiger partial charge on any atom is -0.485 e. The highest BCUT2D eigenvalue weighted by Crippen LogP contribution is 2.21. The zero-order valence-electron chi connectivity index (χ0n) is 11.5. The molecule has 0 saturated heterocycles. The lowest BCUT2D eigenvalue weighted by Gasteiger charge is -2.09. The Kier molecular flexibility index (Phi) is 3.02. The van der Waals surface area contributed by atoms with Crippen molar-refractivity contribution in [3.63, 3.8) is 0 Å². The van der Waals surface area contributed by atoms with Gasteiger partial charge in [-0.1, -0.05) is 12.1 Å². The Morgan fingerprint density at radius 3 is 3.00 bits per heavy atom. The van der Waals surface area contributed by atoms with Gasteiger partial charge in [0.05, 0.1) is 17.4 Å². The van der Waals surface area contributed by atoms with Gasteiger partial charge in [0.1, 0.15) is 18.2 Å². The zero-order chi connectivity index (χ0) is 14.1. The number of ether oxygens (including phenoxy) is 1. The summed E-state index contributed by atoms with van der Waals surface area (Å²) in [7, 11) is 0. The summed E-state index contributed by atoms with van der Waals surface area (Å²) in [6.07, 6.45) is 1.60. The lowest BCUT2D eigenvalue weighted by Crippen LogP contribution is -1.99. The van der Waals surface area contributed by atoms with Gasteiger partial charge in [0.25, 0.3) is 0 Å². The number of pyridine rings is 1. The third-order valence-corrected chi connectivity index (χ3v) is 3.33. The van der Waals surface area contributed by atoms with Gasteiger partial charge in [0.15, 0.2) is 5.65 Å². The molecule has 0 atom stereocenters. The summed E-state index contributed by atoms with van der Waals surface area (Å²) in [5.41, 5.74) is 10.1. The van der Waals surface area contributed by atoms with Crippen molar-refractivity contribution in [2.45, 2.75) is 20.5 Å². The van der Waals surface area contributed by atoms with Gasteiger partial charge in [-0.3, -0.25) is 0 Å². The Labute approximate surface area is 116 Å². The van der Waals surface area contributed by atoms with E-state index >= 15 is 0 Å². The number of rotatable bonds is 3. The number of nitrogen functional groups attached to an aromatic ring is 1. The summed E-state index contributed by atoms with van der Waals surface area (Å²) >= 11 is 0. The van der Waals surface area contributed by atoms with Crippen molar-refractivity contribution in [3.8, 4) is 5.75 Å². The molecule has 20 heavy (non-hydrogen) atoms. The highest BCUT2D eigenvalue weighted by atomic mass is 16.5. The molecule has 0 aliphatic rings. The average Bonchev–Trinajstić information content (AvgIpc) is 2.82. The van der Waals surface area contributed by atoms with Gasteiger partial charge in [-0.25, -0.2) is 9.97 Å². The fourth-order valence-corrected chi connectivity index (χ4v) is 2.06. The summed E-state index contributed by atoms with van der Waals surface area (Å²) < 4.78 is 5.81. The quantitative estimate of drug-likeness (QED) is 0.765. The molecule has 3 N–H and O–H groups in total. The molecule has 0 fully saturated rings. The Balaban J connectivity index is 1.81. The lowest BCUT2D eigenvalue weighted by atomic mass is 10.1. The summed E-state index contributed by atoms with van der Waals surface area (Å²) in [5.74, 6) is 1.61. The van der Waals surface area contributed by atoms with E-state index < -0.39 is 0 Å². The molecular weight excluding hydrogens is 252 g/mol. The number of aromatic amines is 1. The molecule has 5 nitrogen and oxygen atoms in total. The molecule has 0 bridgehead atoms. The second-order valence-electron chi connectivity index (χ2n) is 4.81. The lowest BCUT2D eigenvalue weighted by molar-refractivity contribution is 0.295. The Bertz CT molecular complexity index is 764. The van der Waals surface area contributed by atoms with Crippen molar-refractivity contribution in [2.75, 3.05) is 5.73 Å². The van der Waals surface area contributed by atoms with Gasteiger partial charge in [-0.2, -0.15) is 0 Å². The maximum Gasteiger partial charge on any atom is 0.177 e. The molecule has 0 spiro atoms. The first-order valence-electron chi connectivity index (χ1n) is 6.42. The molecule has 0 unspecified atom stereocenters. The molecule has 1 aromatic carbocycles. The number of aryl methyl sites for hydroxylation is 1. The van der Waals surface area contributed by atoms with E-state index in [9.17, 15) is 0 Å². The summed E-state index contributed by atoms with van der Waals surface area (Å²) in [4.78, 5) is 11.7. The number of H-pyrrole nitrogens is 1. The van der Waals surface area contributed by atoms with Crippen molar-refractivity contribution in [2.24, 2.45) is 0 Å². The second kappa shape index (κ2) is 4.85. The SMILES string of the molecule is Cc1cccc(OCc2nc3ncc(N)cc3[nH]2)c1C. The number of benzene rings is 1. The van der Waals surface area contributed by atoms with Gasteiger partial charge >= 0.3 is 0 Å². The molecule has 3 rings (SSSR count). The molecule has 0 aliphatic heterocycles. The average molecular weight is 268 g/mol. The van der Waals surface area contributed by atoms with Crippen LogP contribution >= 0.6 is 0 Å². The van der Waals surface area contributed by atoms with E-state index in [0.717, 1.165) is 22.7 Å². The topological polar surface area (TPSA) is 76.8 Å². The van der Waals surface area contributed by atoms with Crippen LogP contribution in [0, 0.1) is 13.8 Å². The predicted molar refractivity (Wildman–Crippen MR) is 78.5 cm³/mol. The van der Waals surface area contributed by atoms with E-state index in [-0.39, 0.29) is 0 Å². The summed E-state index contributed by atoms with van der Waals surface area (Å²) in [5, 5.41) is 0. The molecular formula is C15H16N4O. The van der Waals surface area contributed by atoms with Crippen LogP contribution in [0.2, 0.25) is 0 Å². The fourth-order valence-electron chi connectivity index (χ4n) is 2.06. The number of anilines is 1. The number of nitrogens with one attached hydrogen (secondary N) is 1. The maximum absolute atomic E-state index is 5.81. The summed E-state index contributed by atoms with van der Waals surface area (Å²) in [6, 6.07) is 7.83. The number of imidazole rings is 1. The predicted octanol–water partition coefficient (Wildman–Crippen LogP) is 2.74. The van der Waals surface area contributed by atoms with E-state index in [1.165, 1.54) is 5.56 Å². The van der Waals surface area contributed by atoms with E-state index in [1.54, 1.807) is 6.20 Å². The minimum atomic E-state index is 0.376. The maximum atomic E-state index is 5.81. The third-order valence-electron chi connectivity index (χ3n) is 3.33. The number of nitrogens with zero attached hydrogens (tertiary/aromatic N) is 2. The standard InChI is InChI=1S/C15H16N4O/c1-9-4-3-5-13(10(9)2)20-8-14-18-12-6-11(16)7-17-15(12)19-14/h3-7H,8,16H2,1-2H3,(H,17,18,19). The second-order valence-corrected chi connectivity index (χ2v) is 4.81. The van der Waals surface area contributed by atoms with E-state index in [2.05, 4.69) is 27.9 Å². The first-order chi connectivity index (χ1) is 9.63. The Morgan fingerprint density at radius 1 is 1.30 bits per heavy atom. The normalized spacial score (nSPS) is 10.9. The highest BCUT2D eigenvalue weighted by molar-refractivity contribution is 5.73. The summed E-state index contributed by atoms with van der Waals surface area (Å²) in [6.45, 7) is 4.49. The van der Waals surface area contributed by atoms with Crippen LogP contribution in [0.1, 0.15) is 17.0 Å². The van der Waals surface area contributed by atoms with Crippen LogP contribution < -0.4 is 10.5 Å². The van der Waals surface area contributed by atoms with Gasteiger partial charge in [-0.05, 0) is 37.1 Å². The number of hydrogen-bond acceptors (Lipinski definition) is 4. The van der Waals surface area contributed by atoms with E-state index in [1.807, 2.05) is 25.1 Å². The van der Waals surface area contributed by atoms with Crippen LogP contribution in [0.15, 0.2) is 30.5 Å². The molecule has 5 heteroatoms. The van der Waals surface area contributed by atoms with Crippen LogP contribution in [0.3, 0.4) is 0 Å². The third kappa shape index (κ3) is 2.30. The fraction of sp³-hybridized carbons (Fsp3) is 0.200. The number of aromatic nitrogens is 3. The van der Waals surface area contributed by atoms with Crippen LogP contribution in [-0.4, -0.2) is 15.0 Å².